The van der Waals surface area contributed by atoms with Crippen LogP contribution in [0.4, 0.5) is 0 Å². The first-order chi connectivity index (χ1) is 9.13. The largest absolute Gasteiger partial charge is 0.451 e. The Bertz CT molecular complexity index is 618. The van der Waals surface area contributed by atoms with Gasteiger partial charge < -0.3 is 14.6 Å². The Morgan fingerprint density at radius 1 is 1.42 bits per heavy atom. The summed E-state index contributed by atoms with van der Waals surface area (Å²) in [7, 11) is 0. The van der Waals surface area contributed by atoms with E-state index in [9.17, 15) is 4.79 Å². The number of nitrogens with one attached hydrogen (secondary N) is 1. The Hall–Kier alpha value is -1.81. The summed E-state index contributed by atoms with van der Waals surface area (Å²) in [5.74, 6) is 0.428. The van der Waals surface area contributed by atoms with Gasteiger partial charge in [-0.3, -0.25) is 4.79 Å². The molecule has 1 unspecified atom stereocenters. The number of carbonyl (C=O) groups excluding carboxylic acids is 1. The van der Waals surface area contributed by atoms with Crippen LogP contribution < -0.4 is 5.32 Å². The van der Waals surface area contributed by atoms with E-state index in [4.69, 9.17) is 4.42 Å². The number of carbonyl (C=O) groups is 1. The molecular weight excluding hydrogens is 240 g/mol. The highest BCUT2D eigenvalue weighted by atomic mass is 16.3. The summed E-state index contributed by atoms with van der Waals surface area (Å²) < 4.78 is 5.66. The van der Waals surface area contributed by atoms with Gasteiger partial charge in [0.1, 0.15) is 5.58 Å². The summed E-state index contributed by atoms with van der Waals surface area (Å²) in [4.78, 5) is 14.3. The highest BCUT2D eigenvalue weighted by molar-refractivity contribution is 5.96. The lowest BCUT2D eigenvalue weighted by molar-refractivity contribution is 0.0679. The number of fused-ring (bicyclic) bond motifs is 1. The van der Waals surface area contributed by atoms with Crippen molar-refractivity contribution in [2.24, 2.45) is 0 Å². The quantitative estimate of drug-likeness (QED) is 0.852. The average Bonchev–Trinajstić information content (AvgIpc) is 2.80. The molecule has 1 aliphatic heterocycles. The van der Waals surface area contributed by atoms with Gasteiger partial charge in [-0.05, 0) is 32.0 Å². The Morgan fingerprint density at radius 3 is 3.05 bits per heavy atom. The minimum atomic E-state index is -0.0118. The molecule has 2 aromatic rings. The van der Waals surface area contributed by atoms with Crippen molar-refractivity contribution in [2.45, 2.75) is 19.9 Å². The van der Waals surface area contributed by atoms with Gasteiger partial charge in [0.15, 0.2) is 5.76 Å². The summed E-state index contributed by atoms with van der Waals surface area (Å²) in [5.41, 5.74) is 1.94. The molecule has 4 heteroatoms. The lowest BCUT2D eigenvalue weighted by atomic mass is 10.2. The van der Waals surface area contributed by atoms with Crippen molar-refractivity contribution in [1.29, 1.82) is 0 Å². The second-order valence-corrected chi connectivity index (χ2v) is 5.26. The fourth-order valence-electron chi connectivity index (χ4n) is 2.54. The first kappa shape index (κ1) is 12.2. The van der Waals surface area contributed by atoms with E-state index >= 15 is 0 Å². The lowest BCUT2D eigenvalue weighted by Crippen LogP contribution is -2.51. The van der Waals surface area contributed by atoms with Crippen LogP contribution in [-0.4, -0.2) is 36.5 Å². The molecule has 1 aliphatic rings. The topological polar surface area (TPSA) is 45.5 Å². The Morgan fingerprint density at radius 2 is 2.26 bits per heavy atom. The van der Waals surface area contributed by atoms with Crippen LogP contribution in [0.3, 0.4) is 0 Å². The van der Waals surface area contributed by atoms with E-state index in [0.717, 1.165) is 30.6 Å². The number of piperazine rings is 1. The van der Waals surface area contributed by atoms with Crippen LogP contribution in [0.15, 0.2) is 28.7 Å². The van der Waals surface area contributed by atoms with Crippen LogP contribution in [0.2, 0.25) is 0 Å². The molecule has 0 bridgehead atoms. The summed E-state index contributed by atoms with van der Waals surface area (Å²) in [6.45, 7) is 6.42. The first-order valence-corrected chi connectivity index (χ1v) is 6.66. The van der Waals surface area contributed by atoms with Gasteiger partial charge in [0.25, 0.3) is 5.91 Å². The molecule has 100 valence electrons. The maximum atomic E-state index is 12.4. The minimum absolute atomic E-state index is 0.0118. The van der Waals surface area contributed by atoms with E-state index in [-0.39, 0.29) is 5.91 Å². The predicted octanol–water partition coefficient (Wildman–Crippen LogP) is 2.18. The third-order valence-electron chi connectivity index (χ3n) is 3.54. The maximum Gasteiger partial charge on any atom is 0.289 e. The molecule has 4 nitrogen and oxygen atoms in total. The third-order valence-corrected chi connectivity index (χ3v) is 3.54. The zero-order valence-electron chi connectivity index (χ0n) is 11.3. The van der Waals surface area contributed by atoms with E-state index in [1.165, 1.54) is 5.56 Å². The van der Waals surface area contributed by atoms with Gasteiger partial charge in [-0.15, -0.1) is 0 Å². The number of furan rings is 1. The van der Waals surface area contributed by atoms with Gasteiger partial charge in [0, 0.05) is 31.1 Å². The number of benzene rings is 1. The maximum absolute atomic E-state index is 12.4. The monoisotopic (exact) mass is 258 g/mol. The molecule has 0 radical (unpaired) electrons. The van der Waals surface area contributed by atoms with Crippen LogP contribution in [0.1, 0.15) is 23.0 Å². The molecule has 0 spiro atoms. The molecule has 2 heterocycles. The molecule has 19 heavy (non-hydrogen) atoms. The number of hydrogen-bond acceptors (Lipinski definition) is 3. The number of hydrogen-bond donors (Lipinski definition) is 1. The second kappa shape index (κ2) is 4.70. The summed E-state index contributed by atoms with van der Waals surface area (Å²) in [6, 6.07) is 8.13. The van der Waals surface area contributed by atoms with Gasteiger partial charge in [0.05, 0.1) is 0 Å². The van der Waals surface area contributed by atoms with Gasteiger partial charge in [-0.1, -0.05) is 11.6 Å². The number of nitrogens with zero attached hydrogens (tertiary/aromatic N) is 1. The van der Waals surface area contributed by atoms with Crippen molar-refractivity contribution < 1.29 is 9.21 Å². The van der Waals surface area contributed by atoms with Gasteiger partial charge >= 0.3 is 0 Å². The van der Waals surface area contributed by atoms with E-state index in [0.29, 0.717) is 11.8 Å². The van der Waals surface area contributed by atoms with Crippen molar-refractivity contribution in [3.63, 3.8) is 0 Å². The fraction of sp³-hybridized carbons (Fsp3) is 0.400. The van der Waals surface area contributed by atoms with Crippen molar-refractivity contribution in [1.82, 2.24) is 10.2 Å². The van der Waals surface area contributed by atoms with Crippen molar-refractivity contribution >= 4 is 16.9 Å². The zero-order valence-corrected chi connectivity index (χ0v) is 11.3. The highest BCUT2D eigenvalue weighted by Gasteiger charge is 2.24. The molecule has 1 amide bonds. The number of aryl methyl sites for hydroxylation is 1. The highest BCUT2D eigenvalue weighted by Crippen LogP contribution is 2.22. The standard InChI is InChI=1S/C15H18N2O2/c1-10-3-4-13-12(7-10)8-14(19-13)15(18)17-6-5-16-11(2)9-17/h3-4,7-8,11,16H,5-6,9H2,1-2H3. The molecule has 1 saturated heterocycles. The van der Waals surface area contributed by atoms with Crippen LogP contribution in [-0.2, 0) is 0 Å². The van der Waals surface area contributed by atoms with Crippen LogP contribution in [0.5, 0.6) is 0 Å². The molecule has 1 aromatic carbocycles. The van der Waals surface area contributed by atoms with Gasteiger partial charge in [-0.2, -0.15) is 0 Å². The van der Waals surface area contributed by atoms with Crippen LogP contribution in [0, 0.1) is 6.92 Å². The van der Waals surface area contributed by atoms with E-state index in [1.807, 2.05) is 36.1 Å². The van der Waals surface area contributed by atoms with Gasteiger partial charge in [-0.25, -0.2) is 0 Å². The SMILES string of the molecule is Cc1ccc2oc(C(=O)N3CCNC(C)C3)cc2c1. The predicted molar refractivity (Wildman–Crippen MR) is 74.3 cm³/mol. The molecule has 1 fully saturated rings. The average molecular weight is 258 g/mol. The molecular formula is C15H18N2O2. The number of rotatable bonds is 1. The Labute approximate surface area is 112 Å². The fourth-order valence-corrected chi connectivity index (χ4v) is 2.54. The normalized spacial score (nSPS) is 19.9. The van der Waals surface area contributed by atoms with Crippen molar-refractivity contribution in [3.8, 4) is 0 Å². The summed E-state index contributed by atoms with van der Waals surface area (Å²) >= 11 is 0. The summed E-state index contributed by atoms with van der Waals surface area (Å²) in [6.07, 6.45) is 0. The molecule has 1 atom stereocenters. The number of amides is 1. The minimum Gasteiger partial charge on any atom is -0.451 e. The Kier molecular flexibility index (Phi) is 3.03. The van der Waals surface area contributed by atoms with Crippen molar-refractivity contribution in [2.75, 3.05) is 19.6 Å². The summed E-state index contributed by atoms with van der Waals surface area (Å²) in [5, 5.41) is 4.32. The van der Waals surface area contributed by atoms with E-state index < -0.39 is 0 Å². The van der Waals surface area contributed by atoms with Gasteiger partial charge in [0.2, 0.25) is 0 Å². The molecule has 0 saturated carbocycles. The van der Waals surface area contributed by atoms with Crippen LogP contribution >= 0.6 is 0 Å². The Balaban J connectivity index is 1.88. The van der Waals surface area contributed by atoms with E-state index in [1.54, 1.807) is 0 Å². The smallest absolute Gasteiger partial charge is 0.289 e. The molecule has 3 rings (SSSR count). The first-order valence-electron chi connectivity index (χ1n) is 6.66. The van der Waals surface area contributed by atoms with Crippen molar-refractivity contribution in [3.05, 3.63) is 35.6 Å². The molecule has 0 aliphatic carbocycles. The third kappa shape index (κ3) is 2.36. The molecule has 1 aromatic heterocycles. The zero-order chi connectivity index (χ0) is 13.4. The van der Waals surface area contributed by atoms with E-state index in [2.05, 4.69) is 12.2 Å². The molecule has 1 N–H and O–H groups in total. The van der Waals surface area contributed by atoms with Crippen LogP contribution in [0.25, 0.3) is 11.0 Å². The second-order valence-electron chi connectivity index (χ2n) is 5.26. The lowest BCUT2D eigenvalue weighted by Gasteiger charge is -2.31.